The SMILES string of the molecule is CCn1c(=C(C#N)C(=O)NCC#N)sc(=CNc2cccc(N3CCOCC3)n2)c1=O. The molecule has 2 aromatic heterocycles. The molecule has 31 heavy (non-hydrogen) atoms. The van der Waals surface area contributed by atoms with Gasteiger partial charge in [0.25, 0.3) is 11.5 Å². The fourth-order valence-corrected chi connectivity index (χ4v) is 4.09. The van der Waals surface area contributed by atoms with E-state index in [9.17, 15) is 14.9 Å². The van der Waals surface area contributed by atoms with Crippen molar-refractivity contribution in [2.45, 2.75) is 13.5 Å². The van der Waals surface area contributed by atoms with E-state index in [2.05, 4.69) is 20.5 Å². The third-order valence-corrected chi connectivity index (χ3v) is 5.66. The van der Waals surface area contributed by atoms with Crippen molar-refractivity contribution < 1.29 is 9.53 Å². The number of thiazole rings is 1. The number of hydrogen-bond donors (Lipinski definition) is 2. The third-order valence-electron chi connectivity index (χ3n) is 4.53. The van der Waals surface area contributed by atoms with Crippen molar-refractivity contribution >= 4 is 40.7 Å². The van der Waals surface area contributed by atoms with Crippen molar-refractivity contribution in [3.63, 3.8) is 0 Å². The van der Waals surface area contributed by atoms with Crippen molar-refractivity contribution in [2.75, 3.05) is 43.1 Å². The molecule has 0 unspecified atom stereocenters. The summed E-state index contributed by atoms with van der Waals surface area (Å²) >= 11 is 1.03. The Bertz CT molecular complexity index is 1210. The zero-order chi connectivity index (χ0) is 22.2. The van der Waals surface area contributed by atoms with E-state index in [0.29, 0.717) is 30.1 Å². The highest BCUT2D eigenvalue weighted by Crippen LogP contribution is 2.15. The number of nitrogens with zero attached hydrogens (tertiary/aromatic N) is 5. The molecule has 1 aliphatic rings. The zero-order valence-electron chi connectivity index (χ0n) is 16.9. The Labute approximate surface area is 182 Å². The van der Waals surface area contributed by atoms with Gasteiger partial charge in [-0.1, -0.05) is 6.07 Å². The first-order valence-corrected chi connectivity index (χ1v) is 10.5. The summed E-state index contributed by atoms with van der Waals surface area (Å²) in [5.41, 5.74) is -0.522. The van der Waals surface area contributed by atoms with Crippen LogP contribution in [0.15, 0.2) is 23.0 Å². The maximum atomic E-state index is 12.8. The normalized spacial score (nSPS) is 15.1. The average Bonchev–Trinajstić information content (AvgIpc) is 3.12. The van der Waals surface area contributed by atoms with Crippen LogP contribution in [0.5, 0.6) is 0 Å². The number of anilines is 2. The first-order chi connectivity index (χ1) is 15.1. The van der Waals surface area contributed by atoms with Crippen LogP contribution < -0.4 is 30.3 Å². The Morgan fingerprint density at radius 2 is 2.13 bits per heavy atom. The number of morpholine rings is 1. The molecular formula is C20H21N7O3S. The highest BCUT2D eigenvalue weighted by molar-refractivity contribution is 7.07. The molecule has 2 N–H and O–H groups in total. The fourth-order valence-electron chi connectivity index (χ4n) is 3.01. The van der Waals surface area contributed by atoms with Crippen molar-refractivity contribution in [3.05, 3.63) is 37.7 Å². The van der Waals surface area contributed by atoms with Crippen molar-refractivity contribution in [1.82, 2.24) is 14.9 Å². The lowest BCUT2D eigenvalue weighted by atomic mass is 10.3. The molecule has 1 fully saturated rings. The highest BCUT2D eigenvalue weighted by atomic mass is 32.1. The number of amides is 1. The minimum absolute atomic E-state index is 0.203. The molecule has 11 heteroatoms. The fraction of sp³-hybridized carbons (Fsp3) is 0.350. The van der Waals surface area contributed by atoms with Crippen molar-refractivity contribution in [1.29, 1.82) is 10.5 Å². The summed E-state index contributed by atoms with van der Waals surface area (Å²) in [6.07, 6.45) is 1.52. The van der Waals surface area contributed by atoms with Crippen LogP contribution in [0, 0.1) is 22.7 Å². The molecule has 0 radical (unpaired) electrons. The molecule has 2 aromatic rings. The Morgan fingerprint density at radius 1 is 1.35 bits per heavy atom. The van der Waals surface area contributed by atoms with E-state index >= 15 is 0 Å². The summed E-state index contributed by atoms with van der Waals surface area (Å²) in [5, 5.41) is 23.4. The summed E-state index contributed by atoms with van der Waals surface area (Å²) in [7, 11) is 0. The van der Waals surface area contributed by atoms with Gasteiger partial charge in [-0.15, -0.1) is 11.3 Å². The molecule has 3 rings (SSSR count). The summed E-state index contributed by atoms with van der Waals surface area (Å²) in [5.74, 6) is 0.693. The van der Waals surface area contributed by atoms with Crippen molar-refractivity contribution in [3.8, 4) is 12.1 Å². The predicted octanol–water partition coefficient (Wildman–Crippen LogP) is -0.675. The number of nitrogens with one attached hydrogen (secondary N) is 2. The van der Waals surface area contributed by atoms with Gasteiger partial charge in [0.05, 0.1) is 19.3 Å². The lowest BCUT2D eigenvalue weighted by Crippen LogP contribution is -2.36. The minimum atomic E-state index is -0.688. The Kier molecular flexibility index (Phi) is 7.38. The number of rotatable bonds is 6. The van der Waals surface area contributed by atoms with Gasteiger partial charge in [0.2, 0.25) is 0 Å². The van der Waals surface area contributed by atoms with Crippen LogP contribution in [0.3, 0.4) is 0 Å². The first kappa shape index (κ1) is 22.0. The molecule has 1 amide bonds. The maximum Gasteiger partial charge on any atom is 0.270 e. The molecule has 1 saturated heterocycles. The maximum absolute atomic E-state index is 12.8. The molecule has 0 bridgehead atoms. The molecular weight excluding hydrogens is 418 g/mol. The van der Waals surface area contributed by atoms with Crippen LogP contribution in [0.2, 0.25) is 0 Å². The standard InChI is InChI=1S/C20H21N7O3S/c1-2-27-19(29)15(31-20(27)14(12-22)18(28)23-7-6-21)13-24-16-4-3-5-17(25-16)26-8-10-30-11-9-26/h3-5,13H,2,7-11H2,1H3,(H,23,28)(H,24,25). The number of carbonyl (C=O) groups excluding carboxylic acids is 1. The Hall–Kier alpha value is -3.67. The lowest BCUT2D eigenvalue weighted by molar-refractivity contribution is -0.115. The summed E-state index contributed by atoms with van der Waals surface area (Å²) in [4.78, 5) is 31.7. The zero-order valence-corrected chi connectivity index (χ0v) is 17.7. The molecule has 0 spiro atoms. The molecule has 0 aromatic carbocycles. The summed E-state index contributed by atoms with van der Waals surface area (Å²) in [6.45, 7) is 4.65. The van der Waals surface area contributed by atoms with E-state index in [-0.39, 0.29) is 22.3 Å². The number of aromatic nitrogens is 2. The van der Waals surface area contributed by atoms with E-state index in [0.717, 1.165) is 30.2 Å². The van der Waals surface area contributed by atoms with Crippen LogP contribution in [0.1, 0.15) is 6.92 Å². The second kappa shape index (κ2) is 10.4. The lowest BCUT2D eigenvalue weighted by Gasteiger charge is -2.27. The van der Waals surface area contributed by atoms with Gasteiger partial charge in [-0.25, -0.2) is 4.98 Å². The van der Waals surface area contributed by atoms with E-state index in [1.807, 2.05) is 18.2 Å². The molecule has 1 aliphatic heterocycles. The molecule has 0 saturated carbocycles. The van der Waals surface area contributed by atoms with Crippen LogP contribution in [-0.2, 0) is 16.1 Å². The van der Waals surface area contributed by atoms with Crippen LogP contribution in [0.25, 0.3) is 11.8 Å². The van der Waals surface area contributed by atoms with Gasteiger partial charge in [0.1, 0.15) is 33.4 Å². The van der Waals surface area contributed by atoms with E-state index < -0.39 is 5.91 Å². The topological polar surface area (TPSA) is 136 Å². The van der Waals surface area contributed by atoms with Crippen LogP contribution in [-0.4, -0.2) is 48.3 Å². The first-order valence-electron chi connectivity index (χ1n) is 9.64. The Morgan fingerprint density at radius 3 is 2.81 bits per heavy atom. The van der Waals surface area contributed by atoms with E-state index in [1.165, 1.54) is 10.8 Å². The number of ether oxygens (including phenoxy) is 1. The van der Waals surface area contributed by atoms with Gasteiger partial charge in [0.15, 0.2) is 5.57 Å². The van der Waals surface area contributed by atoms with Gasteiger partial charge in [-0.2, -0.15) is 10.5 Å². The number of carbonyl (C=O) groups is 1. The molecule has 0 atom stereocenters. The Balaban J connectivity index is 1.95. The van der Waals surface area contributed by atoms with Gasteiger partial charge in [-0.05, 0) is 19.1 Å². The highest BCUT2D eigenvalue weighted by Gasteiger charge is 2.15. The van der Waals surface area contributed by atoms with Gasteiger partial charge < -0.3 is 20.3 Å². The number of pyridine rings is 1. The smallest absolute Gasteiger partial charge is 0.270 e. The third kappa shape index (κ3) is 5.09. The van der Waals surface area contributed by atoms with Crippen LogP contribution in [0.4, 0.5) is 11.6 Å². The molecule has 10 nitrogen and oxygen atoms in total. The second-order valence-corrected chi connectivity index (χ2v) is 7.45. The molecule has 3 heterocycles. The minimum Gasteiger partial charge on any atom is -0.378 e. The largest absolute Gasteiger partial charge is 0.378 e. The number of hydrogen-bond acceptors (Lipinski definition) is 9. The summed E-state index contributed by atoms with van der Waals surface area (Å²) < 4.78 is 7.30. The van der Waals surface area contributed by atoms with Gasteiger partial charge >= 0.3 is 0 Å². The molecule has 160 valence electrons. The predicted molar refractivity (Wildman–Crippen MR) is 117 cm³/mol. The van der Waals surface area contributed by atoms with Crippen molar-refractivity contribution in [2.24, 2.45) is 0 Å². The quantitative estimate of drug-likeness (QED) is 0.566. The molecule has 0 aliphatic carbocycles. The second-order valence-electron chi connectivity index (χ2n) is 6.42. The van der Waals surface area contributed by atoms with Crippen LogP contribution >= 0.6 is 11.3 Å². The van der Waals surface area contributed by atoms with E-state index in [1.54, 1.807) is 19.1 Å². The summed E-state index contributed by atoms with van der Waals surface area (Å²) in [6, 6.07) is 9.21. The van der Waals surface area contributed by atoms with Gasteiger partial charge in [0, 0.05) is 25.8 Å². The van der Waals surface area contributed by atoms with E-state index in [4.69, 9.17) is 10.00 Å². The monoisotopic (exact) mass is 439 g/mol. The van der Waals surface area contributed by atoms with Gasteiger partial charge in [-0.3, -0.25) is 14.2 Å². The number of nitriles is 2. The average molecular weight is 440 g/mol.